The third-order valence-electron chi connectivity index (χ3n) is 4.31. The number of ketones is 1. The Labute approximate surface area is 204 Å². The zero-order valence-corrected chi connectivity index (χ0v) is 19.8. The summed E-state index contributed by atoms with van der Waals surface area (Å²) in [6.45, 7) is 2.68. The lowest BCUT2D eigenvalue weighted by atomic mass is 10.1. The minimum atomic E-state index is -0.914. The number of aliphatic carboxylic acids is 1. The monoisotopic (exact) mass is 498 g/mol. The number of benzene rings is 1. The lowest BCUT2D eigenvalue weighted by Gasteiger charge is -2.08. The van der Waals surface area contributed by atoms with E-state index in [4.69, 9.17) is 33.5 Å². The van der Waals surface area contributed by atoms with Crippen LogP contribution >= 0.6 is 0 Å². The van der Waals surface area contributed by atoms with Gasteiger partial charge in [0.25, 0.3) is 5.78 Å². The molecule has 0 unspecified atom stereocenters. The van der Waals surface area contributed by atoms with E-state index in [2.05, 4.69) is 0 Å². The summed E-state index contributed by atoms with van der Waals surface area (Å²) in [5.74, 6) is -2.84. The van der Waals surface area contributed by atoms with Crippen LogP contribution in [-0.2, 0) is 42.8 Å². The average Bonchev–Trinajstić information content (AvgIpc) is 2.86. The lowest BCUT2D eigenvalue weighted by Crippen LogP contribution is -2.20. The molecule has 0 radical (unpaired) electrons. The first kappa shape index (κ1) is 30.2. The van der Waals surface area contributed by atoms with Gasteiger partial charge in [0, 0.05) is 18.4 Å². The Morgan fingerprint density at radius 3 is 1.57 bits per heavy atom. The summed E-state index contributed by atoms with van der Waals surface area (Å²) in [5, 5.41) is 8.51. The van der Waals surface area contributed by atoms with E-state index in [0.717, 1.165) is 0 Å². The first-order chi connectivity index (χ1) is 17.0. The van der Waals surface area contributed by atoms with Crippen molar-refractivity contribution in [3.63, 3.8) is 0 Å². The normalized spacial score (nSPS) is 10.6. The average molecular weight is 499 g/mol. The molecule has 0 aromatic heterocycles. The maximum Gasteiger partial charge on any atom is 0.379 e. The Balaban J connectivity index is 1.79. The quantitative estimate of drug-likeness (QED) is 0.108. The van der Waals surface area contributed by atoms with Crippen LogP contribution < -0.4 is 0 Å². The molecule has 0 aliphatic rings. The topological polar surface area (TPSA) is 144 Å². The van der Waals surface area contributed by atoms with Gasteiger partial charge < -0.3 is 33.5 Å². The molecule has 196 valence electrons. The van der Waals surface area contributed by atoms with Crippen molar-refractivity contribution in [1.29, 1.82) is 0 Å². The molecule has 0 aliphatic carbocycles. The van der Waals surface area contributed by atoms with E-state index in [-0.39, 0.29) is 50.8 Å². The second kappa shape index (κ2) is 20.5. The number of carboxylic acids is 1. The van der Waals surface area contributed by atoms with E-state index in [1.165, 1.54) is 0 Å². The highest BCUT2D eigenvalue weighted by molar-refractivity contribution is 6.40. The van der Waals surface area contributed by atoms with Gasteiger partial charge in [0.05, 0.1) is 52.9 Å². The van der Waals surface area contributed by atoms with Crippen LogP contribution in [-0.4, -0.2) is 94.9 Å². The largest absolute Gasteiger partial charge is 0.481 e. The molecule has 0 bridgehead atoms. The molecule has 1 rings (SSSR count). The van der Waals surface area contributed by atoms with Gasteiger partial charge in [-0.2, -0.15) is 0 Å². The molecule has 0 amide bonds. The Kier molecular flexibility index (Phi) is 17.7. The summed E-state index contributed by atoms with van der Waals surface area (Å²) in [5.41, 5.74) is 0.282. The Bertz CT molecular complexity index is 736. The van der Waals surface area contributed by atoms with Crippen molar-refractivity contribution in [1.82, 2.24) is 0 Å². The number of carbonyl (C=O) groups excluding carboxylic acids is 3. The maximum atomic E-state index is 11.8. The van der Waals surface area contributed by atoms with Crippen LogP contribution in [0.4, 0.5) is 0 Å². The highest BCUT2D eigenvalue weighted by Gasteiger charge is 2.17. The van der Waals surface area contributed by atoms with Crippen molar-refractivity contribution in [2.24, 2.45) is 0 Å². The van der Waals surface area contributed by atoms with Crippen LogP contribution in [0.3, 0.4) is 0 Å². The standard InChI is InChI=1S/C24H34O11/c25-21(26)8-4-5-9-22(27)34-18-16-32-14-12-30-10-11-31-13-15-33-17-19-35-24(29)23(28)20-6-2-1-3-7-20/h1-3,6-7H,4-5,8-19H2,(H,25,26). The molecule has 1 N–H and O–H groups in total. The van der Waals surface area contributed by atoms with Crippen molar-refractivity contribution < 1.29 is 52.7 Å². The van der Waals surface area contributed by atoms with Crippen molar-refractivity contribution in [2.75, 3.05) is 66.1 Å². The van der Waals surface area contributed by atoms with E-state index >= 15 is 0 Å². The van der Waals surface area contributed by atoms with Gasteiger partial charge in [0.2, 0.25) is 0 Å². The highest BCUT2D eigenvalue weighted by Crippen LogP contribution is 2.02. The third kappa shape index (κ3) is 17.3. The van der Waals surface area contributed by atoms with Gasteiger partial charge in [-0.05, 0) is 12.8 Å². The molecule has 0 atom stereocenters. The number of unbranched alkanes of at least 4 members (excludes halogenated alkanes) is 1. The van der Waals surface area contributed by atoms with Gasteiger partial charge in [-0.3, -0.25) is 14.4 Å². The van der Waals surface area contributed by atoms with Gasteiger partial charge in [-0.1, -0.05) is 30.3 Å². The number of rotatable bonds is 22. The van der Waals surface area contributed by atoms with Crippen molar-refractivity contribution in [3.05, 3.63) is 35.9 Å². The molecule has 0 saturated heterocycles. The molecule has 0 heterocycles. The second-order valence-electron chi connectivity index (χ2n) is 7.10. The number of esters is 2. The van der Waals surface area contributed by atoms with E-state index in [1.54, 1.807) is 30.3 Å². The molecule has 11 nitrogen and oxygen atoms in total. The fourth-order valence-corrected chi connectivity index (χ4v) is 2.56. The van der Waals surface area contributed by atoms with Crippen LogP contribution in [0.1, 0.15) is 36.0 Å². The molecule has 0 spiro atoms. The van der Waals surface area contributed by atoms with E-state index in [0.29, 0.717) is 52.5 Å². The first-order valence-corrected chi connectivity index (χ1v) is 11.5. The molecule has 11 heteroatoms. The molecule has 0 saturated carbocycles. The summed E-state index contributed by atoms with van der Waals surface area (Å²) in [6.07, 6.45) is 1.18. The summed E-state index contributed by atoms with van der Waals surface area (Å²) in [7, 11) is 0. The number of carbonyl (C=O) groups is 4. The molecule has 0 aliphatic heterocycles. The van der Waals surface area contributed by atoms with Crippen molar-refractivity contribution >= 4 is 23.7 Å². The molecule has 0 fully saturated rings. The Morgan fingerprint density at radius 1 is 0.600 bits per heavy atom. The minimum Gasteiger partial charge on any atom is -0.481 e. The maximum absolute atomic E-state index is 11.8. The zero-order chi connectivity index (χ0) is 25.6. The number of hydrogen-bond acceptors (Lipinski definition) is 10. The third-order valence-corrected chi connectivity index (χ3v) is 4.31. The van der Waals surface area contributed by atoms with Crippen LogP contribution in [0.15, 0.2) is 30.3 Å². The summed E-state index contributed by atoms with van der Waals surface area (Å²) in [6, 6.07) is 8.19. The van der Waals surface area contributed by atoms with Gasteiger partial charge in [-0.15, -0.1) is 0 Å². The summed E-state index contributed by atoms with van der Waals surface area (Å²) in [4.78, 5) is 45.3. The van der Waals surface area contributed by atoms with E-state index in [9.17, 15) is 19.2 Å². The fraction of sp³-hybridized carbons (Fsp3) is 0.583. The minimum absolute atomic E-state index is 0.0213. The predicted octanol–water partition coefficient (Wildman–Crippen LogP) is 1.67. The number of hydrogen-bond donors (Lipinski definition) is 1. The van der Waals surface area contributed by atoms with Crippen LogP contribution in [0, 0.1) is 0 Å². The predicted molar refractivity (Wildman–Crippen MR) is 122 cm³/mol. The van der Waals surface area contributed by atoms with Crippen molar-refractivity contribution in [3.8, 4) is 0 Å². The highest BCUT2D eigenvalue weighted by atomic mass is 16.6. The number of carboxylic acid groups (broad SMARTS) is 1. The van der Waals surface area contributed by atoms with E-state index in [1.807, 2.05) is 0 Å². The van der Waals surface area contributed by atoms with E-state index < -0.39 is 17.7 Å². The van der Waals surface area contributed by atoms with Crippen LogP contribution in [0.5, 0.6) is 0 Å². The second-order valence-corrected chi connectivity index (χ2v) is 7.10. The smallest absolute Gasteiger partial charge is 0.379 e. The van der Waals surface area contributed by atoms with Crippen molar-refractivity contribution in [2.45, 2.75) is 25.7 Å². The molecular weight excluding hydrogens is 464 g/mol. The Hall–Kier alpha value is -2.86. The molecule has 1 aromatic carbocycles. The molecular formula is C24H34O11. The number of Topliss-reactive ketones (excluding diaryl/α,β-unsaturated/α-hetero) is 1. The molecule has 35 heavy (non-hydrogen) atoms. The van der Waals surface area contributed by atoms with Gasteiger partial charge in [-0.25, -0.2) is 4.79 Å². The summed E-state index contributed by atoms with van der Waals surface area (Å²) >= 11 is 0. The number of ether oxygens (including phenoxy) is 6. The lowest BCUT2D eigenvalue weighted by molar-refractivity contribution is -0.146. The van der Waals surface area contributed by atoms with Gasteiger partial charge in [0.15, 0.2) is 0 Å². The zero-order valence-electron chi connectivity index (χ0n) is 19.8. The first-order valence-electron chi connectivity index (χ1n) is 11.5. The van der Waals surface area contributed by atoms with Gasteiger partial charge >= 0.3 is 17.9 Å². The summed E-state index contributed by atoms with van der Waals surface area (Å²) < 4.78 is 31.1. The Morgan fingerprint density at radius 2 is 1.06 bits per heavy atom. The SMILES string of the molecule is O=C(O)CCCCC(=O)OCCOCCOCCOCCOCCOC(=O)C(=O)c1ccccc1. The fourth-order valence-electron chi connectivity index (χ4n) is 2.56. The van der Waals surface area contributed by atoms with Crippen LogP contribution in [0.2, 0.25) is 0 Å². The van der Waals surface area contributed by atoms with Gasteiger partial charge in [0.1, 0.15) is 13.2 Å². The molecule has 1 aromatic rings. The van der Waals surface area contributed by atoms with Crippen LogP contribution in [0.25, 0.3) is 0 Å².